The van der Waals surface area contributed by atoms with Crippen LogP contribution in [0.5, 0.6) is 0 Å². The minimum atomic E-state index is -0.309. The van der Waals surface area contributed by atoms with Gasteiger partial charge in [-0.15, -0.1) is 0 Å². The number of aromatic nitrogens is 2. The zero-order chi connectivity index (χ0) is 25.5. The molecule has 1 aliphatic carbocycles. The number of carbonyl (C=O) groups is 1. The van der Waals surface area contributed by atoms with Gasteiger partial charge in [-0.25, -0.2) is 9.88 Å². The largest absolute Gasteiger partial charge is 0.324 e. The Morgan fingerprint density at radius 1 is 1.14 bits per heavy atom. The van der Waals surface area contributed by atoms with Gasteiger partial charge in [0.25, 0.3) is 5.91 Å². The van der Waals surface area contributed by atoms with E-state index in [0.717, 1.165) is 18.8 Å². The Bertz CT molecular complexity index is 1500. The summed E-state index contributed by atoms with van der Waals surface area (Å²) in [6, 6.07) is 9.56. The van der Waals surface area contributed by atoms with Crippen LogP contribution in [0.1, 0.15) is 39.9 Å². The molecule has 1 spiro atoms. The van der Waals surface area contributed by atoms with Gasteiger partial charge >= 0.3 is 0 Å². The fourth-order valence-electron chi connectivity index (χ4n) is 6.18. The van der Waals surface area contributed by atoms with Crippen LogP contribution in [0.3, 0.4) is 0 Å². The standard InChI is InChI=1S/C27H25Cl2N7O/c1-15-10-17(11-16-13-34(2)14-27(6-7-27)21(15)16)32-25-31-12-18-23(33-25)35-9-8-30-26(35)36(24(18)37)22-19(28)4-3-5-20(22)29/h3-5,10-12H,6-9,13-14H2,1-2H3,(H,31,32,33). The summed E-state index contributed by atoms with van der Waals surface area (Å²) >= 11 is 12.9. The number of aryl methyl sites for hydroxylation is 1. The van der Waals surface area contributed by atoms with E-state index in [2.05, 4.69) is 46.3 Å². The second kappa shape index (κ2) is 8.15. The topological polar surface area (TPSA) is 77.0 Å². The number of amides is 1. The average Bonchev–Trinajstić information content (AvgIpc) is 3.41. The van der Waals surface area contributed by atoms with Gasteiger partial charge in [-0.1, -0.05) is 29.3 Å². The first-order chi connectivity index (χ1) is 17.8. The zero-order valence-corrected chi connectivity index (χ0v) is 22.1. The van der Waals surface area contributed by atoms with Crippen molar-refractivity contribution in [2.24, 2.45) is 4.99 Å². The summed E-state index contributed by atoms with van der Waals surface area (Å²) in [7, 11) is 2.19. The number of nitrogens with zero attached hydrogens (tertiary/aromatic N) is 6. The van der Waals surface area contributed by atoms with Gasteiger partial charge in [-0.05, 0) is 67.8 Å². The van der Waals surface area contributed by atoms with Crippen LogP contribution in [0.15, 0.2) is 41.5 Å². The second-order valence-electron chi connectivity index (χ2n) is 10.4. The summed E-state index contributed by atoms with van der Waals surface area (Å²) in [5.41, 5.74) is 6.26. The normalized spacial score (nSPS) is 19.5. The molecule has 1 fully saturated rings. The van der Waals surface area contributed by atoms with Crippen molar-refractivity contribution in [3.63, 3.8) is 0 Å². The van der Waals surface area contributed by atoms with Crippen LogP contribution in [0, 0.1) is 6.92 Å². The molecule has 4 aliphatic rings. The molecule has 1 saturated carbocycles. The maximum atomic E-state index is 13.6. The van der Waals surface area contributed by atoms with E-state index in [1.807, 2.05) is 4.90 Å². The monoisotopic (exact) mass is 533 g/mol. The molecule has 0 unspecified atom stereocenters. The van der Waals surface area contributed by atoms with Crippen molar-refractivity contribution < 1.29 is 4.79 Å². The van der Waals surface area contributed by atoms with Crippen molar-refractivity contribution >= 4 is 58.2 Å². The molecule has 2 aromatic carbocycles. The molecule has 3 aromatic rings. The number of carbonyl (C=O) groups excluding carboxylic acids is 1. The predicted molar refractivity (Wildman–Crippen MR) is 147 cm³/mol. The Labute approximate surface area is 224 Å². The Kier molecular flexibility index (Phi) is 5.06. The highest BCUT2D eigenvalue weighted by molar-refractivity contribution is 6.43. The van der Waals surface area contributed by atoms with Gasteiger partial charge in [0.2, 0.25) is 11.9 Å². The van der Waals surface area contributed by atoms with Crippen LogP contribution < -0.4 is 15.1 Å². The SMILES string of the molecule is Cc1cc(Nc2ncc3c(n2)N2CCN=C2N(c2c(Cl)cccc2Cl)C3=O)cc2c1C1(CC1)CN(C)C2. The van der Waals surface area contributed by atoms with Crippen LogP contribution >= 0.6 is 23.2 Å². The lowest BCUT2D eigenvalue weighted by Crippen LogP contribution is -2.51. The van der Waals surface area contributed by atoms with Gasteiger partial charge in [0.1, 0.15) is 5.56 Å². The third-order valence-electron chi connectivity index (χ3n) is 7.71. The predicted octanol–water partition coefficient (Wildman–Crippen LogP) is 5.15. The molecule has 0 atom stereocenters. The molecule has 1 amide bonds. The number of guanidine groups is 1. The number of likely N-dealkylation sites (N-methyl/N-ethyl adjacent to an activating group) is 1. The first-order valence-electron chi connectivity index (χ1n) is 12.4. The van der Waals surface area contributed by atoms with E-state index in [-0.39, 0.29) is 5.91 Å². The number of hydrogen-bond donors (Lipinski definition) is 1. The van der Waals surface area contributed by atoms with E-state index < -0.39 is 0 Å². The lowest BCUT2D eigenvalue weighted by molar-refractivity contribution is 0.1000. The molecule has 8 nitrogen and oxygen atoms in total. The van der Waals surface area contributed by atoms with E-state index in [0.29, 0.717) is 57.5 Å². The fourth-order valence-corrected chi connectivity index (χ4v) is 6.75. The smallest absolute Gasteiger partial charge is 0.270 e. The molecule has 10 heteroatoms. The van der Waals surface area contributed by atoms with Crippen molar-refractivity contribution in [1.29, 1.82) is 0 Å². The molecule has 37 heavy (non-hydrogen) atoms. The third-order valence-corrected chi connectivity index (χ3v) is 8.32. The van der Waals surface area contributed by atoms with Crippen LogP contribution in [-0.2, 0) is 12.0 Å². The number of para-hydroxylation sites is 1. The minimum absolute atomic E-state index is 0.309. The van der Waals surface area contributed by atoms with Crippen molar-refractivity contribution in [2.45, 2.75) is 31.7 Å². The maximum Gasteiger partial charge on any atom is 0.270 e. The van der Waals surface area contributed by atoms with Crippen LogP contribution in [0.4, 0.5) is 23.1 Å². The van der Waals surface area contributed by atoms with Crippen LogP contribution in [0.2, 0.25) is 10.0 Å². The van der Waals surface area contributed by atoms with Gasteiger partial charge in [-0.3, -0.25) is 14.7 Å². The van der Waals surface area contributed by atoms with Crippen molar-refractivity contribution in [1.82, 2.24) is 14.9 Å². The van der Waals surface area contributed by atoms with Gasteiger partial charge in [-0.2, -0.15) is 4.98 Å². The number of nitrogens with one attached hydrogen (secondary N) is 1. The molecule has 1 aromatic heterocycles. The first-order valence-corrected chi connectivity index (χ1v) is 13.2. The summed E-state index contributed by atoms with van der Waals surface area (Å²) in [6.45, 7) is 5.39. The zero-order valence-electron chi connectivity index (χ0n) is 20.6. The number of halogens is 2. The summed E-state index contributed by atoms with van der Waals surface area (Å²) in [5, 5.41) is 4.14. The van der Waals surface area contributed by atoms with Gasteiger partial charge in [0.05, 0.1) is 22.3 Å². The minimum Gasteiger partial charge on any atom is -0.324 e. The molecular formula is C27H25Cl2N7O. The lowest BCUT2D eigenvalue weighted by atomic mass is 9.83. The number of hydrogen-bond acceptors (Lipinski definition) is 7. The molecule has 1 N–H and O–H groups in total. The summed E-state index contributed by atoms with van der Waals surface area (Å²) in [5.74, 6) is 1.13. The van der Waals surface area contributed by atoms with E-state index in [4.69, 9.17) is 28.2 Å². The van der Waals surface area contributed by atoms with Gasteiger partial charge < -0.3 is 10.2 Å². The maximum absolute atomic E-state index is 13.6. The Balaban J connectivity index is 1.25. The van der Waals surface area contributed by atoms with E-state index in [9.17, 15) is 4.79 Å². The summed E-state index contributed by atoms with van der Waals surface area (Å²) in [4.78, 5) is 33.3. The Morgan fingerprint density at radius 2 is 1.92 bits per heavy atom. The Hall–Kier alpha value is -3.20. The second-order valence-corrected chi connectivity index (χ2v) is 11.2. The van der Waals surface area contributed by atoms with Crippen molar-refractivity contribution in [3.05, 3.63) is 68.8 Å². The molecular weight excluding hydrogens is 509 g/mol. The molecule has 0 bridgehead atoms. The van der Waals surface area contributed by atoms with E-state index >= 15 is 0 Å². The highest BCUT2D eigenvalue weighted by atomic mass is 35.5. The van der Waals surface area contributed by atoms with Crippen molar-refractivity contribution in [3.8, 4) is 0 Å². The molecule has 4 heterocycles. The number of aliphatic imine (C=N–C) groups is 1. The highest BCUT2D eigenvalue weighted by Gasteiger charge is 2.49. The van der Waals surface area contributed by atoms with E-state index in [1.165, 1.54) is 34.4 Å². The number of rotatable bonds is 3. The fraction of sp³-hybridized carbons (Fsp3) is 0.333. The molecule has 3 aliphatic heterocycles. The van der Waals surface area contributed by atoms with Gasteiger partial charge in [0.15, 0.2) is 5.82 Å². The molecule has 7 rings (SSSR count). The van der Waals surface area contributed by atoms with Crippen LogP contribution in [0.25, 0.3) is 0 Å². The van der Waals surface area contributed by atoms with Crippen LogP contribution in [-0.4, -0.2) is 53.4 Å². The quantitative estimate of drug-likeness (QED) is 0.501. The molecule has 0 saturated heterocycles. The number of benzene rings is 2. The van der Waals surface area contributed by atoms with Gasteiger partial charge in [0, 0.05) is 36.9 Å². The number of anilines is 4. The highest BCUT2D eigenvalue weighted by Crippen LogP contribution is 2.53. The summed E-state index contributed by atoms with van der Waals surface area (Å²) in [6.07, 6.45) is 4.09. The average molecular weight is 534 g/mol. The summed E-state index contributed by atoms with van der Waals surface area (Å²) < 4.78 is 0. The van der Waals surface area contributed by atoms with E-state index in [1.54, 1.807) is 24.4 Å². The lowest BCUT2D eigenvalue weighted by Gasteiger charge is -2.35. The molecule has 188 valence electrons. The number of fused-ring (bicyclic) bond motifs is 5. The first kappa shape index (κ1) is 23.0. The Morgan fingerprint density at radius 3 is 2.68 bits per heavy atom. The van der Waals surface area contributed by atoms with Crippen molar-refractivity contribution in [2.75, 3.05) is 41.8 Å². The molecule has 0 radical (unpaired) electrons. The third kappa shape index (κ3) is 3.54.